The van der Waals surface area contributed by atoms with Gasteiger partial charge in [0.05, 0.1) is 11.6 Å². The van der Waals surface area contributed by atoms with Crippen LogP contribution in [0.2, 0.25) is 0 Å². The van der Waals surface area contributed by atoms with Gasteiger partial charge >= 0.3 is 0 Å². The van der Waals surface area contributed by atoms with Crippen molar-refractivity contribution in [3.05, 3.63) is 145 Å². The molecule has 0 amide bonds. The predicted molar refractivity (Wildman–Crippen MR) is 170 cm³/mol. The van der Waals surface area contributed by atoms with Gasteiger partial charge in [0.25, 0.3) is 0 Å². The topological polar surface area (TPSA) is 84.8 Å². The SMILES string of the molecule is N#Cc1ccc(-c2ccc3oc4ccc(-c5ccc(-c6ccc(C(=N)NC7C=CC=CN7)cc6)cc5)cc4c3c2)cc1. The first-order valence-electron chi connectivity index (χ1n) is 13.8. The van der Waals surface area contributed by atoms with E-state index >= 15 is 0 Å². The van der Waals surface area contributed by atoms with Crippen LogP contribution in [0.5, 0.6) is 0 Å². The molecule has 1 aromatic heterocycles. The molecular weight excluding hydrogens is 516 g/mol. The Morgan fingerprint density at radius 1 is 0.667 bits per heavy atom. The summed E-state index contributed by atoms with van der Waals surface area (Å²) in [5.41, 5.74) is 9.81. The largest absolute Gasteiger partial charge is 0.456 e. The van der Waals surface area contributed by atoms with E-state index in [1.54, 1.807) is 0 Å². The number of nitrogens with one attached hydrogen (secondary N) is 3. The average Bonchev–Trinajstić information content (AvgIpc) is 3.43. The number of dihydropyridines is 1. The van der Waals surface area contributed by atoms with Crippen LogP contribution in [0, 0.1) is 16.7 Å². The van der Waals surface area contributed by atoms with Crippen molar-refractivity contribution in [2.45, 2.75) is 6.17 Å². The van der Waals surface area contributed by atoms with Gasteiger partial charge in [-0.15, -0.1) is 0 Å². The fourth-order valence-corrected chi connectivity index (χ4v) is 5.33. The lowest BCUT2D eigenvalue weighted by molar-refractivity contribution is 0.654. The average molecular weight is 543 g/mol. The number of benzene rings is 5. The zero-order valence-electron chi connectivity index (χ0n) is 22.6. The van der Waals surface area contributed by atoms with Crippen molar-refractivity contribution in [2.75, 3.05) is 0 Å². The lowest BCUT2D eigenvalue weighted by atomic mass is 9.97. The highest BCUT2D eigenvalue weighted by Gasteiger charge is 2.12. The maximum atomic E-state index is 9.12. The van der Waals surface area contributed by atoms with E-state index in [1.807, 2.05) is 73.0 Å². The highest BCUT2D eigenvalue weighted by atomic mass is 16.3. The second-order valence-electron chi connectivity index (χ2n) is 10.3. The second kappa shape index (κ2) is 10.6. The lowest BCUT2D eigenvalue weighted by Crippen LogP contribution is -2.42. The van der Waals surface area contributed by atoms with Gasteiger partial charge in [-0.25, -0.2) is 0 Å². The predicted octanol–water partition coefficient (Wildman–Crippen LogP) is 8.37. The molecule has 0 radical (unpaired) electrons. The molecule has 7 rings (SSSR count). The van der Waals surface area contributed by atoms with E-state index in [1.165, 1.54) is 0 Å². The number of nitrogens with zero attached hydrogens (tertiary/aromatic N) is 1. The number of allylic oxidation sites excluding steroid dienone is 2. The molecule has 1 unspecified atom stereocenters. The Morgan fingerprint density at radius 2 is 1.17 bits per heavy atom. The molecule has 1 atom stereocenters. The minimum atomic E-state index is -0.0846. The summed E-state index contributed by atoms with van der Waals surface area (Å²) in [5.74, 6) is 0.375. The fourth-order valence-electron chi connectivity index (χ4n) is 5.33. The second-order valence-corrected chi connectivity index (χ2v) is 10.3. The Labute approximate surface area is 243 Å². The van der Waals surface area contributed by atoms with Crippen LogP contribution in [0.3, 0.4) is 0 Å². The molecule has 0 fully saturated rings. The highest BCUT2D eigenvalue weighted by molar-refractivity contribution is 6.07. The minimum Gasteiger partial charge on any atom is -0.456 e. The number of amidine groups is 1. The Hall–Kier alpha value is -5.86. The summed E-state index contributed by atoms with van der Waals surface area (Å²) >= 11 is 0. The van der Waals surface area contributed by atoms with E-state index in [-0.39, 0.29) is 6.17 Å². The van der Waals surface area contributed by atoms with Gasteiger partial charge in [-0.05, 0) is 88.1 Å². The van der Waals surface area contributed by atoms with Crippen LogP contribution in [-0.2, 0) is 0 Å². The summed E-state index contributed by atoms with van der Waals surface area (Å²) < 4.78 is 6.14. The van der Waals surface area contributed by atoms with E-state index in [0.717, 1.165) is 60.9 Å². The summed E-state index contributed by atoms with van der Waals surface area (Å²) in [6, 6.07) is 39.0. The number of rotatable bonds is 5. The number of nitriles is 1. The Balaban J connectivity index is 1.13. The maximum absolute atomic E-state index is 9.12. The van der Waals surface area contributed by atoms with E-state index < -0.39 is 0 Å². The van der Waals surface area contributed by atoms with Gasteiger partial charge in [0, 0.05) is 16.3 Å². The van der Waals surface area contributed by atoms with Crippen LogP contribution >= 0.6 is 0 Å². The first-order chi connectivity index (χ1) is 20.6. The van der Waals surface area contributed by atoms with Gasteiger partial charge in [0.2, 0.25) is 0 Å². The van der Waals surface area contributed by atoms with Crippen LogP contribution in [0.25, 0.3) is 55.3 Å². The summed E-state index contributed by atoms with van der Waals surface area (Å²) in [7, 11) is 0. The van der Waals surface area contributed by atoms with Crippen LogP contribution in [-0.4, -0.2) is 12.0 Å². The molecule has 0 spiro atoms. The third-order valence-electron chi connectivity index (χ3n) is 7.63. The van der Waals surface area contributed by atoms with Crippen molar-refractivity contribution in [1.82, 2.24) is 10.6 Å². The lowest BCUT2D eigenvalue weighted by Gasteiger charge is -2.19. The molecule has 1 aliphatic rings. The Morgan fingerprint density at radius 3 is 1.69 bits per heavy atom. The third kappa shape index (κ3) is 4.83. The van der Waals surface area contributed by atoms with Gasteiger partial charge in [-0.2, -0.15) is 5.26 Å². The molecule has 200 valence electrons. The molecule has 5 nitrogen and oxygen atoms in total. The number of fused-ring (bicyclic) bond motifs is 3. The summed E-state index contributed by atoms with van der Waals surface area (Å²) in [5, 5.41) is 26.0. The molecule has 3 N–H and O–H groups in total. The molecule has 42 heavy (non-hydrogen) atoms. The van der Waals surface area contributed by atoms with Crippen molar-refractivity contribution in [3.63, 3.8) is 0 Å². The third-order valence-corrected chi connectivity index (χ3v) is 7.63. The molecular formula is C37H26N4O. The van der Waals surface area contributed by atoms with Gasteiger partial charge in [0.1, 0.15) is 23.2 Å². The monoisotopic (exact) mass is 542 g/mol. The summed E-state index contributed by atoms with van der Waals surface area (Å²) in [6.45, 7) is 0. The molecule has 1 aliphatic heterocycles. The fraction of sp³-hybridized carbons (Fsp3) is 0.0270. The molecule has 0 saturated heterocycles. The van der Waals surface area contributed by atoms with Crippen molar-refractivity contribution >= 4 is 27.8 Å². The summed E-state index contributed by atoms with van der Waals surface area (Å²) in [6.07, 6.45) is 7.64. The molecule has 5 aromatic carbocycles. The number of hydrogen-bond acceptors (Lipinski definition) is 4. The zero-order chi connectivity index (χ0) is 28.5. The minimum absolute atomic E-state index is 0.0846. The molecule has 0 saturated carbocycles. The van der Waals surface area contributed by atoms with Crippen molar-refractivity contribution in [2.24, 2.45) is 0 Å². The van der Waals surface area contributed by atoms with Crippen LogP contribution in [0.15, 0.2) is 138 Å². The normalized spacial score (nSPS) is 14.0. The maximum Gasteiger partial charge on any atom is 0.135 e. The van der Waals surface area contributed by atoms with Crippen molar-refractivity contribution in [1.29, 1.82) is 10.7 Å². The van der Waals surface area contributed by atoms with Crippen molar-refractivity contribution < 1.29 is 4.42 Å². The highest BCUT2D eigenvalue weighted by Crippen LogP contribution is 2.35. The van der Waals surface area contributed by atoms with Crippen LogP contribution < -0.4 is 10.6 Å². The summed E-state index contributed by atoms with van der Waals surface area (Å²) in [4.78, 5) is 0. The molecule has 0 bridgehead atoms. The van der Waals surface area contributed by atoms with Crippen LogP contribution in [0.4, 0.5) is 0 Å². The quantitative estimate of drug-likeness (QED) is 0.151. The van der Waals surface area contributed by atoms with Gasteiger partial charge in [0.15, 0.2) is 0 Å². The van der Waals surface area contributed by atoms with Crippen LogP contribution in [0.1, 0.15) is 11.1 Å². The molecule has 5 heteroatoms. The number of furan rings is 1. The van der Waals surface area contributed by atoms with Gasteiger partial charge in [-0.3, -0.25) is 5.41 Å². The van der Waals surface area contributed by atoms with Crippen molar-refractivity contribution in [3.8, 4) is 39.4 Å². The first kappa shape index (κ1) is 25.1. The Bertz CT molecular complexity index is 2040. The zero-order valence-corrected chi connectivity index (χ0v) is 22.6. The van der Waals surface area contributed by atoms with Gasteiger partial charge in [-0.1, -0.05) is 78.9 Å². The first-order valence-corrected chi connectivity index (χ1v) is 13.8. The molecule has 2 heterocycles. The number of hydrogen-bond donors (Lipinski definition) is 3. The van der Waals surface area contributed by atoms with Gasteiger partial charge < -0.3 is 15.1 Å². The molecule has 6 aromatic rings. The van der Waals surface area contributed by atoms with E-state index in [4.69, 9.17) is 15.1 Å². The van der Waals surface area contributed by atoms with E-state index in [2.05, 4.69) is 77.4 Å². The molecule has 0 aliphatic carbocycles. The smallest absolute Gasteiger partial charge is 0.135 e. The van der Waals surface area contributed by atoms with E-state index in [9.17, 15) is 0 Å². The standard InChI is InChI=1S/C37H26N4O/c38-23-24-4-6-27(7-5-24)30-16-18-34-32(21-30)33-22-31(17-19-35(33)42-34)28-10-8-25(9-11-28)26-12-14-29(15-13-26)37(39)41-36-3-1-2-20-40-36/h1-22,36,40H,(H2,39,41). The van der Waals surface area contributed by atoms with E-state index in [0.29, 0.717) is 11.4 Å². The Kier molecular flexibility index (Phi) is 6.35.